The lowest BCUT2D eigenvalue weighted by molar-refractivity contribution is -0.0498. The molecule has 88 valence electrons. The van der Waals surface area contributed by atoms with Crippen LogP contribution in [0.4, 0.5) is 5.69 Å². The average molecular weight is 244 g/mol. The zero-order valence-corrected chi connectivity index (χ0v) is 9.30. The Labute approximate surface area is 93.9 Å². The van der Waals surface area contributed by atoms with Gasteiger partial charge in [0.2, 0.25) is 0 Å². The molecule has 0 amide bonds. The molecule has 1 aliphatic rings. The number of para-hydroxylation sites is 1. The molecule has 0 bridgehead atoms. The topological polar surface area (TPSA) is 70.1 Å². The number of anilines is 1. The number of hydrazine groups is 1. The molecule has 1 fully saturated rings. The molecule has 0 aromatic heterocycles. The second-order valence-electron chi connectivity index (χ2n) is 3.39. The summed E-state index contributed by atoms with van der Waals surface area (Å²) < 4.78 is 34.3. The van der Waals surface area contributed by atoms with E-state index in [0.717, 1.165) is 17.3 Å². The van der Waals surface area contributed by atoms with E-state index in [-0.39, 0.29) is 0 Å². The Balaban J connectivity index is 2.16. The van der Waals surface area contributed by atoms with Gasteiger partial charge in [-0.05, 0) is 18.6 Å². The first-order chi connectivity index (χ1) is 7.56. The summed E-state index contributed by atoms with van der Waals surface area (Å²) in [5, 5.41) is 2.80. The lowest BCUT2D eigenvalue weighted by Crippen LogP contribution is -2.38. The van der Waals surface area contributed by atoms with Crippen LogP contribution in [-0.2, 0) is 14.7 Å². The smallest absolute Gasteiger partial charge is 0.282 e. The Morgan fingerprint density at radius 3 is 2.50 bits per heavy atom. The SMILES string of the molecule is O=S(=O)(O)ON1CCCN1c1ccccc1. The molecule has 0 atom stereocenters. The average Bonchev–Trinajstić information content (AvgIpc) is 2.64. The summed E-state index contributed by atoms with van der Waals surface area (Å²) in [6.07, 6.45) is 0.768. The number of nitrogens with zero attached hydrogens (tertiary/aromatic N) is 2. The van der Waals surface area contributed by atoms with Crippen LogP contribution in [-0.4, -0.2) is 31.2 Å². The van der Waals surface area contributed by atoms with Gasteiger partial charge in [-0.1, -0.05) is 23.4 Å². The van der Waals surface area contributed by atoms with Gasteiger partial charge in [0, 0.05) is 13.1 Å². The molecule has 0 aliphatic carbocycles. The zero-order chi connectivity index (χ0) is 11.6. The minimum atomic E-state index is -4.46. The lowest BCUT2D eigenvalue weighted by atomic mass is 10.3. The minimum Gasteiger partial charge on any atom is -0.282 e. The molecular weight excluding hydrogens is 232 g/mol. The quantitative estimate of drug-likeness (QED) is 0.795. The molecule has 1 aromatic carbocycles. The molecule has 0 spiro atoms. The third-order valence-corrected chi connectivity index (χ3v) is 2.58. The Bertz CT molecular complexity index is 448. The molecule has 0 unspecified atom stereocenters. The molecular formula is C9H12N2O4S. The van der Waals surface area contributed by atoms with Crippen molar-refractivity contribution in [1.82, 2.24) is 5.17 Å². The van der Waals surface area contributed by atoms with Crippen LogP contribution >= 0.6 is 0 Å². The predicted octanol–water partition coefficient (Wildman–Crippen LogP) is 0.848. The van der Waals surface area contributed by atoms with Gasteiger partial charge in [0.15, 0.2) is 0 Å². The third kappa shape index (κ3) is 2.70. The molecule has 16 heavy (non-hydrogen) atoms. The normalized spacial score (nSPS) is 17.9. The highest BCUT2D eigenvalue weighted by molar-refractivity contribution is 7.80. The van der Waals surface area contributed by atoms with Crippen molar-refractivity contribution in [3.63, 3.8) is 0 Å². The zero-order valence-electron chi connectivity index (χ0n) is 8.48. The summed E-state index contributed by atoms with van der Waals surface area (Å²) in [6, 6.07) is 9.24. The summed E-state index contributed by atoms with van der Waals surface area (Å²) in [7, 11) is -4.46. The van der Waals surface area contributed by atoms with E-state index >= 15 is 0 Å². The summed E-state index contributed by atoms with van der Waals surface area (Å²) in [6.45, 7) is 1.08. The second kappa shape index (κ2) is 4.38. The number of hydroxylamine groups is 1. The van der Waals surface area contributed by atoms with Crippen molar-refractivity contribution >= 4 is 16.1 Å². The molecule has 6 nitrogen and oxygen atoms in total. The van der Waals surface area contributed by atoms with Gasteiger partial charge in [0.05, 0.1) is 5.69 Å². The van der Waals surface area contributed by atoms with Crippen LogP contribution < -0.4 is 5.01 Å². The van der Waals surface area contributed by atoms with Crippen molar-refractivity contribution in [1.29, 1.82) is 0 Å². The van der Waals surface area contributed by atoms with Crippen LogP contribution in [0.25, 0.3) is 0 Å². The van der Waals surface area contributed by atoms with E-state index in [1.165, 1.54) is 0 Å². The monoisotopic (exact) mass is 244 g/mol. The van der Waals surface area contributed by atoms with Gasteiger partial charge in [-0.15, -0.1) is 4.28 Å². The van der Waals surface area contributed by atoms with E-state index < -0.39 is 10.4 Å². The Kier molecular flexibility index (Phi) is 3.10. The highest BCUT2D eigenvalue weighted by Crippen LogP contribution is 2.21. The minimum absolute atomic E-state index is 0.425. The van der Waals surface area contributed by atoms with Crippen molar-refractivity contribution in [2.45, 2.75) is 6.42 Å². The standard InChI is InChI=1S/C9H12N2O4S/c12-16(13,14)15-11-8-4-7-10(11)9-5-2-1-3-6-9/h1-3,5-6H,4,7-8H2,(H,12,13,14). The second-order valence-corrected chi connectivity index (χ2v) is 4.39. The number of hydrogen-bond donors (Lipinski definition) is 1. The van der Waals surface area contributed by atoms with Gasteiger partial charge in [0.25, 0.3) is 0 Å². The highest BCUT2D eigenvalue weighted by atomic mass is 32.3. The van der Waals surface area contributed by atoms with E-state index in [4.69, 9.17) is 4.55 Å². The maximum Gasteiger partial charge on any atom is 0.415 e. The van der Waals surface area contributed by atoms with Crippen LogP contribution in [0, 0.1) is 0 Å². The van der Waals surface area contributed by atoms with E-state index in [0.29, 0.717) is 13.1 Å². The first-order valence-corrected chi connectivity index (χ1v) is 6.20. The summed E-state index contributed by atoms with van der Waals surface area (Å²) >= 11 is 0. The lowest BCUT2D eigenvalue weighted by Gasteiger charge is -2.26. The van der Waals surface area contributed by atoms with Gasteiger partial charge >= 0.3 is 10.4 Å². The molecule has 1 aromatic rings. The molecule has 1 N–H and O–H groups in total. The Morgan fingerprint density at radius 2 is 1.88 bits per heavy atom. The molecule has 1 heterocycles. The predicted molar refractivity (Wildman–Crippen MR) is 57.7 cm³/mol. The van der Waals surface area contributed by atoms with E-state index in [2.05, 4.69) is 4.28 Å². The van der Waals surface area contributed by atoms with Gasteiger partial charge in [0.1, 0.15) is 0 Å². The first kappa shape index (κ1) is 11.3. The fourth-order valence-corrected chi connectivity index (χ4v) is 2.00. The van der Waals surface area contributed by atoms with Crippen molar-refractivity contribution in [2.75, 3.05) is 18.1 Å². The van der Waals surface area contributed by atoms with Crippen molar-refractivity contribution in [3.05, 3.63) is 30.3 Å². The molecule has 1 aliphatic heterocycles. The van der Waals surface area contributed by atoms with Gasteiger partial charge < -0.3 is 0 Å². The van der Waals surface area contributed by atoms with Crippen LogP contribution in [0.2, 0.25) is 0 Å². The summed E-state index contributed by atoms with van der Waals surface area (Å²) in [5.41, 5.74) is 0.823. The molecule has 0 saturated carbocycles. The Hall–Kier alpha value is -1.15. The van der Waals surface area contributed by atoms with Gasteiger partial charge in [-0.3, -0.25) is 9.56 Å². The number of benzene rings is 1. The van der Waals surface area contributed by atoms with Crippen molar-refractivity contribution in [3.8, 4) is 0 Å². The molecule has 0 radical (unpaired) electrons. The summed E-state index contributed by atoms with van der Waals surface area (Å²) in [4.78, 5) is 0. The van der Waals surface area contributed by atoms with Crippen LogP contribution in [0.3, 0.4) is 0 Å². The van der Waals surface area contributed by atoms with E-state index in [9.17, 15) is 8.42 Å². The van der Waals surface area contributed by atoms with Crippen molar-refractivity contribution < 1.29 is 17.3 Å². The number of hydrogen-bond acceptors (Lipinski definition) is 5. The number of rotatable bonds is 3. The largest absolute Gasteiger partial charge is 0.415 e. The van der Waals surface area contributed by atoms with Crippen LogP contribution in [0.1, 0.15) is 6.42 Å². The Morgan fingerprint density at radius 1 is 1.19 bits per heavy atom. The maximum atomic E-state index is 10.6. The van der Waals surface area contributed by atoms with Gasteiger partial charge in [-0.25, -0.2) is 0 Å². The van der Waals surface area contributed by atoms with E-state index in [1.54, 1.807) is 5.01 Å². The molecule has 1 saturated heterocycles. The van der Waals surface area contributed by atoms with Crippen molar-refractivity contribution in [2.24, 2.45) is 0 Å². The third-order valence-electron chi connectivity index (χ3n) is 2.22. The highest BCUT2D eigenvalue weighted by Gasteiger charge is 2.27. The fourth-order valence-electron chi connectivity index (χ4n) is 1.63. The maximum absolute atomic E-state index is 10.6. The fraction of sp³-hybridized carbons (Fsp3) is 0.333. The summed E-state index contributed by atoms with van der Waals surface area (Å²) in [5.74, 6) is 0. The van der Waals surface area contributed by atoms with Crippen LogP contribution in [0.15, 0.2) is 30.3 Å². The molecule has 7 heteroatoms. The first-order valence-electron chi connectivity index (χ1n) is 4.83. The van der Waals surface area contributed by atoms with Crippen LogP contribution in [0.5, 0.6) is 0 Å². The van der Waals surface area contributed by atoms with E-state index in [1.807, 2.05) is 30.3 Å². The van der Waals surface area contributed by atoms with Gasteiger partial charge in [-0.2, -0.15) is 8.42 Å². The molecule has 2 rings (SSSR count).